The number of aromatic nitrogens is 1. The molecule has 0 atom stereocenters. The molecule has 0 saturated carbocycles. The van der Waals surface area contributed by atoms with Crippen LogP contribution in [-0.4, -0.2) is 22.9 Å². The van der Waals surface area contributed by atoms with Crippen LogP contribution in [0, 0.1) is 11.8 Å². The van der Waals surface area contributed by atoms with Crippen LogP contribution in [0.2, 0.25) is 0 Å². The third kappa shape index (κ3) is 4.83. The molecule has 0 spiro atoms. The Hall–Kier alpha value is -2.51. The average Bonchev–Trinajstić information content (AvgIpc) is 2.50. The van der Waals surface area contributed by atoms with E-state index >= 15 is 0 Å². The fourth-order valence-electron chi connectivity index (χ4n) is 1.79. The molecule has 0 aliphatic rings. The van der Waals surface area contributed by atoms with Crippen LogP contribution in [0.1, 0.15) is 12.0 Å². The fraction of sp³-hybridized carbons (Fsp3) is 0.235. The molecule has 1 heterocycles. The van der Waals surface area contributed by atoms with Crippen LogP contribution in [0.15, 0.2) is 53.5 Å². The Morgan fingerprint density at radius 3 is 2.90 bits per heavy atom. The van der Waals surface area contributed by atoms with Gasteiger partial charge in [-0.25, -0.2) is 0 Å². The summed E-state index contributed by atoms with van der Waals surface area (Å²) < 4.78 is 7.24. The first kappa shape index (κ1) is 14.9. The van der Waals surface area contributed by atoms with E-state index in [4.69, 9.17) is 9.84 Å². The number of rotatable bonds is 5. The van der Waals surface area contributed by atoms with Crippen molar-refractivity contribution >= 4 is 0 Å². The summed E-state index contributed by atoms with van der Waals surface area (Å²) in [6.45, 7) is 0.979. The highest BCUT2D eigenvalue weighted by atomic mass is 16.5. The molecule has 0 aliphatic carbocycles. The summed E-state index contributed by atoms with van der Waals surface area (Å²) in [5.41, 5.74) is 0.808. The molecule has 0 aliphatic heterocycles. The standard InChI is InChI=1S/C17H17NO3/c19-12-4-2-6-15-7-5-8-16(14-15)21-13-11-18-10-3-1-9-17(18)20/h1,3,5,7-10,14,19H,4,11-13H2. The molecule has 1 N–H and O–H groups in total. The van der Waals surface area contributed by atoms with Gasteiger partial charge in [0.15, 0.2) is 0 Å². The summed E-state index contributed by atoms with van der Waals surface area (Å²) in [4.78, 5) is 11.5. The van der Waals surface area contributed by atoms with Crippen LogP contribution in [0.5, 0.6) is 5.75 Å². The second-order valence-electron chi connectivity index (χ2n) is 4.38. The van der Waals surface area contributed by atoms with Gasteiger partial charge >= 0.3 is 0 Å². The predicted octanol–water partition coefficient (Wildman–Crippen LogP) is 1.66. The maximum atomic E-state index is 11.5. The van der Waals surface area contributed by atoms with Gasteiger partial charge in [-0.3, -0.25) is 4.79 Å². The SMILES string of the molecule is O=c1ccccn1CCOc1cccc(C#CCCO)c1. The van der Waals surface area contributed by atoms with Gasteiger partial charge in [-0.05, 0) is 24.3 Å². The number of hydrogen-bond donors (Lipinski definition) is 1. The molecule has 1 aromatic carbocycles. The Bertz CT molecular complexity index is 695. The lowest BCUT2D eigenvalue weighted by atomic mass is 10.2. The molecule has 2 aromatic rings. The van der Waals surface area contributed by atoms with Crippen LogP contribution in [-0.2, 0) is 6.54 Å². The molecule has 4 nitrogen and oxygen atoms in total. The first-order valence-corrected chi connectivity index (χ1v) is 6.77. The van der Waals surface area contributed by atoms with Crippen LogP contribution in [0.25, 0.3) is 0 Å². The largest absolute Gasteiger partial charge is 0.492 e. The van der Waals surface area contributed by atoms with Crippen molar-refractivity contribution in [3.63, 3.8) is 0 Å². The Labute approximate surface area is 123 Å². The lowest BCUT2D eigenvalue weighted by molar-refractivity contribution is 0.296. The Morgan fingerprint density at radius 2 is 2.10 bits per heavy atom. The van der Waals surface area contributed by atoms with E-state index in [1.807, 2.05) is 30.3 Å². The molecule has 4 heteroatoms. The highest BCUT2D eigenvalue weighted by molar-refractivity contribution is 5.39. The molecule has 0 bridgehead atoms. The van der Waals surface area contributed by atoms with Gasteiger partial charge in [-0.15, -0.1) is 0 Å². The molecule has 21 heavy (non-hydrogen) atoms. The molecular weight excluding hydrogens is 266 g/mol. The molecule has 0 radical (unpaired) electrons. The number of nitrogens with zero attached hydrogens (tertiary/aromatic N) is 1. The summed E-state index contributed by atoms with van der Waals surface area (Å²) in [5, 5.41) is 8.69. The van der Waals surface area contributed by atoms with Crippen molar-refractivity contribution in [2.45, 2.75) is 13.0 Å². The number of hydrogen-bond acceptors (Lipinski definition) is 3. The van der Waals surface area contributed by atoms with E-state index < -0.39 is 0 Å². The average molecular weight is 283 g/mol. The highest BCUT2D eigenvalue weighted by Crippen LogP contribution is 2.12. The van der Waals surface area contributed by atoms with E-state index in [1.165, 1.54) is 6.07 Å². The first-order chi connectivity index (χ1) is 10.3. The fourth-order valence-corrected chi connectivity index (χ4v) is 1.79. The zero-order valence-electron chi connectivity index (χ0n) is 11.7. The summed E-state index contributed by atoms with van der Waals surface area (Å²) in [6.07, 6.45) is 2.20. The Balaban J connectivity index is 1.92. The minimum atomic E-state index is -0.0373. The van der Waals surface area contributed by atoms with E-state index in [-0.39, 0.29) is 12.2 Å². The van der Waals surface area contributed by atoms with Gasteiger partial charge in [0.05, 0.1) is 13.2 Å². The van der Waals surface area contributed by atoms with E-state index in [0.29, 0.717) is 19.6 Å². The second kappa shape index (κ2) is 7.93. The molecule has 0 unspecified atom stereocenters. The molecule has 108 valence electrons. The van der Waals surface area contributed by atoms with Crippen LogP contribution >= 0.6 is 0 Å². The minimum Gasteiger partial charge on any atom is -0.492 e. The first-order valence-electron chi connectivity index (χ1n) is 6.77. The molecular formula is C17H17NO3. The Kier molecular flexibility index (Phi) is 5.62. The normalized spacial score (nSPS) is 9.76. The van der Waals surface area contributed by atoms with E-state index in [1.54, 1.807) is 16.8 Å². The van der Waals surface area contributed by atoms with Gasteiger partial charge in [0.25, 0.3) is 5.56 Å². The monoisotopic (exact) mass is 283 g/mol. The Morgan fingerprint density at radius 1 is 1.19 bits per heavy atom. The number of pyridine rings is 1. The zero-order valence-corrected chi connectivity index (χ0v) is 11.7. The van der Waals surface area contributed by atoms with Crippen LogP contribution in [0.4, 0.5) is 0 Å². The number of aliphatic hydroxyl groups excluding tert-OH is 1. The van der Waals surface area contributed by atoms with Gasteiger partial charge < -0.3 is 14.4 Å². The van der Waals surface area contributed by atoms with Crippen molar-refractivity contribution in [1.29, 1.82) is 0 Å². The summed E-state index contributed by atoms with van der Waals surface area (Å²) in [5.74, 6) is 6.54. The van der Waals surface area contributed by atoms with E-state index in [0.717, 1.165) is 11.3 Å². The van der Waals surface area contributed by atoms with E-state index in [9.17, 15) is 4.79 Å². The second-order valence-corrected chi connectivity index (χ2v) is 4.38. The van der Waals surface area contributed by atoms with E-state index in [2.05, 4.69) is 11.8 Å². The van der Waals surface area contributed by atoms with Gasteiger partial charge in [0, 0.05) is 24.2 Å². The van der Waals surface area contributed by atoms with Gasteiger partial charge in [-0.2, -0.15) is 0 Å². The van der Waals surface area contributed by atoms with Gasteiger partial charge in [-0.1, -0.05) is 24.0 Å². The molecule has 2 rings (SSSR count). The van der Waals surface area contributed by atoms with Crippen LogP contribution in [0.3, 0.4) is 0 Å². The van der Waals surface area contributed by atoms with Crippen molar-refractivity contribution < 1.29 is 9.84 Å². The van der Waals surface area contributed by atoms with Crippen molar-refractivity contribution in [3.05, 3.63) is 64.6 Å². The van der Waals surface area contributed by atoms with Gasteiger partial charge in [0.2, 0.25) is 0 Å². The van der Waals surface area contributed by atoms with Crippen molar-refractivity contribution in [2.75, 3.05) is 13.2 Å². The quantitative estimate of drug-likeness (QED) is 0.849. The maximum Gasteiger partial charge on any atom is 0.250 e. The maximum absolute atomic E-state index is 11.5. The minimum absolute atomic E-state index is 0.0373. The number of aliphatic hydroxyl groups is 1. The lowest BCUT2D eigenvalue weighted by Gasteiger charge is -2.08. The zero-order chi connectivity index (χ0) is 14.9. The topological polar surface area (TPSA) is 51.5 Å². The number of ether oxygens (including phenoxy) is 1. The van der Waals surface area contributed by atoms with Crippen molar-refractivity contribution in [1.82, 2.24) is 4.57 Å². The number of benzene rings is 1. The predicted molar refractivity (Wildman–Crippen MR) is 81.2 cm³/mol. The summed E-state index contributed by atoms with van der Waals surface area (Å²) in [7, 11) is 0. The molecule has 0 saturated heterocycles. The molecule has 0 amide bonds. The summed E-state index contributed by atoms with van der Waals surface area (Å²) >= 11 is 0. The lowest BCUT2D eigenvalue weighted by Crippen LogP contribution is -2.21. The molecule has 1 aromatic heterocycles. The molecule has 0 fully saturated rings. The van der Waals surface area contributed by atoms with Crippen molar-refractivity contribution in [2.24, 2.45) is 0 Å². The van der Waals surface area contributed by atoms with Gasteiger partial charge in [0.1, 0.15) is 12.4 Å². The third-order valence-corrected chi connectivity index (χ3v) is 2.80. The highest BCUT2D eigenvalue weighted by Gasteiger charge is 1.97. The van der Waals surface area contributed by atoms with Crippen molar-refractivity contribution in [3.8, 4) is 17.6 Å². The third-order valence-electron chi connectivity index (χ3n) is 2.80. The van der Waals surface area contributed by atoms with Crippen LogP contribution < -0.4 is 10.3 Å². The smallest absolute Gasteiger partial charge is 0.250 e. The summed E-state index contributed by atoms with van der Waals surface area (Å²) in [6, 6.07) is 12.5.